The minimum Gasteiger partial charge on any atom is -0.342 e. The molecule has 0 bridgehead atoms. The van der Waals surface area contributed by atoms with E-state index in [2.05, 4.69) is 20.4 Å². The molecule has 1 N–H and O–H groups in total. The number of nitrogens with zero attached hydrogens (tertiary/aromatic N) is 4. The minimum atomic E-state index is -0.114. The van der Waals surface area contributed by atoms with Crippen LogP contribution in [0.3, 0.4) is 0 Å². The molecule has 0 unspecified atom stereocenters. The Hall–Kier alpha value is -2.24. The van der Waals surface area contributed by atoms with E-state index in [0.29, 0.717) is 17.3 Å². The van der Waals surface area contributed by atoms with Crippen molar-refractivity contribution in [2.24, 2.45) is 5.92 Å². The molecule has 21 heavy (non-hydrogen) atoms. The predicted molar refractivity (Wildman–Crippen MR) is 77.6 cm³/mol. The second kappa shape index (κ2) is 5.63. The van der Waals surface area contributed by atoms with Crippen molar-refractivity contribution in [3.63, 3.8) is 0 Å². The summed E-state index contributed by atoms with van der Waals surface area (Å²) in [6, 6.07) is 1.75. The first kappa shape index (κ1) is 13.7. The van der Waals surface area contributed by atoms with Gasteiger partial charge in [-0.2, -0.15) is 5.10 Å². The number of nitrogens with one attached hydrogen (secondary N) is 1. The molecule has 1 amide bonds. The molecule has 1 aliphatic carbocycles. The average molecular weight is 285 g/mol. The molecule has 6 heteroatoms. The van der Waals surface area contributed by atoms with Gasteiger partial charge in [-0.25, -0.2) is 9.97 Å². The van der Waals surface area contributed by atoms with Gasteiger partial charge in [-0.1, -0.05) is 0 Å². The van der Waals surface area contributed by atoms with Crippen LogP contribution in [-0.2, 0) is 6.54 Å². The number of carbonyl (C=O) groups excluding carboxylic acids is 1. The minimum absolute atomic E-state index is 0.109. The molecule has 0 aliphatic heterocycles. The Morgan fingerprint density at radius 1 is 1.52 bits per heavy atom. The van der Waals surface area contributed by atoms with Gasteiger partial charge in [0.15, 0.2) is 5.82 Å². The van der Waals surface area contributed by atoms with Gasteiger partial charge in [0, 0.05) is 24.6 Å². The summed E-state index contributed by atoms with van der Waals surface area (Å²) in [5.74, 6) is 1.03. The summed E-state index contributed by atoms with van der Waals surface area (Å²) >= 11 is 0. The zero-order valence-corrected chi connectivity index (χ0v) is 12.3. The van der Waals surface area contributed by atoms with E-state index in [1.54, 1.807) is 23.3 Å². The maximum absolute atomic E-state index is 12.4. The number of hydrogen-bond acceptors (Lipinski definition) is 4. The van der Waals surface area contributed by atoms with Crippen molar-refractivity contribution >= 4 is 5.91 Å². The lowest BCUT2D eigenvalue weighted by Crippen LogP contribution is -2.31. The lowest BCUT2D eigenvalue weighted by molar-refractivity contribution is 0.0929. The van der Waals surface area contributed by atoms with E-state index in [1.165, 1.54) is 0 Å². The van der Waals surface area contributed by atoms with E-state index >= 15 is 0 Å². The zero-order chi connectivity index (χ0) is 14.8. The van der Waals surface area contributed by atoms with Crippen LogP contribution in [0.15, 0.2) is 24.7 Å². The molecule has 0 spiro atoms. The van der Waals surface area contributed by atoms with E-state index in [1.807, 2.05) is 19.9 Å². The number of carbonyl (C=O) groups is 1. The molecule has 0 saturated heterocycles. The fourth-order valence-electron chi connectivity index (χ4n) is 2.32. The zero-order valence-electron chi connectivity index (χ0n) is 12.3. The highest BCUT2D eigenvalue weighted by Gasteiger charge is 2.35. The van der Waals surface area contributed by atoms with E-state index in [0.717, 1.165) is 25.1 Å². The second-order valence-electron chi connectivity index (χ2n) is 5.43. The Morgan fingerprint density at radius 2 is 2.33 bits per heavy atom. The molecule has 2 aromatic rings. The SMILES string of the molecule is CCn1cc(C(=O)N[C@H](c2nccc(C)n2)C2CC2)cn1. The first-order chi connectivity index (χ1) is 10.2. The van der Waals surface area contributed by atoms with Crippen LogP contribution in [-0.4, -0.2) is 25.7 Å². The lowest BCUT2D eigenvalue weighted by Gasteiger charge is -2.16. The second-order valence-corrected chi connectivity index (χ2v) is 5.43. The van der Waals surface area contributed by atoms with Crippen LogP contribution in [0.2, 0.25) is 0 Å². The van der Waals surface area contributed by atoms with Crippen molar-refractivity contribution in [3.8, 4) is 0 Å². The number of aryl methyl sites for hydroxylation is 2. The van der Waals surface area contributed by atoms with Crippen LogP contribution >= 0.6 is 0 Å². The van der Waals surface area contributed by atoms with Gasteiger partial charge in [-0.05, 0) is 38.7 Å². The summed E-state index contributed by atoms with van der Waals surface area (Å²) < 4.78 is 1.74. The van der Waals surface area contributed by atoms with Crippen LogP contribution in [0, 0.1) is 12.8 Å². The van der Waals surface area contributed by atoms with Gasteiger partial charge < -0.3 is 5.32 Å². The highest BCUT2D eigenvalue weighted by molar-refractivity contribution is 5.93. The van der Waals surface area contributed by atoms with Crippen molar-refractivity contribution in [3.05, 3.63) is 41.7 Å². The van der Waals surface area contributed by atoms with Crippen molar-refractivity contribution in [2.75, 3.05) is 0 Å². The Balaban J connectivity index is 1.77. The number of hydrogen-bond donors (Lipinski definition) is 1. The average Bonchev–Trinajstić information content (AvgIpc) is 3.20. The van der Waals surface area contributed by atoms with Gasteiger partial charge in [0.1, 0.15) is 0 Å². The number of amides is 1. The smallest absolute Gasteiger partial charge is 0.255 e. The highest BCUT2D eigenvalue weighted by Crippen LogP contribution is 2.40. The van der Waals surface area contributed by atoms with Crippen molar-refractivity contribution < 1.29 is 4.79 Å². The molecule has 1 atom stereocenters. The Bertz CT molecular complexity index is 647. The van der Waals surface area contributed by atoms with Gasteiger partial charge in [0.25, 0.3) is 5.91 Å². The van der Waals surface area contributed by atoms with Gasteiger partial charge in [-0.15, -0.1) is 0 Å². The van der Waals surface area contributed by atoms with Gasteiger partial charge in [-0.3, -0.25) is 9.48 Å². The van der Waals surface area contributed by atoms with Crippen molar-refractivity contribution in [2.45, 2.75) is 39.3 Å². The largest absolute Gasteiger partial charge is 0.342 e. The molecular formula is C15H19N5O. The van der Waals surface area contributed by atoms with E-state index in [9.17, 15) is 4.79 Å². The molecule has 1 fully saturated rings. The Morgan fingerprint density at radius 3 is 2.95 bits per heavy atom. The summed E-state index contributed by atoms with van der Waals surface area (Å²) in [4.78, 5) is 21.1. The molecule has 1 saturated carbocycles. The molecule has 6 nitrogen and oxygen atoms in total. The summed E-state index contributed by atoms with van der Waals surface area (Å²) in [6.07, 6.45) is 7.32. The topological polar surface area (TPSA) is 72.7 Å². The number of rotatable bonds is 5. The summed E-state index contributed by atoms with van der Waals surface area (Å²) in [5, 5.41) is 7.19. The third-order valence-electron chi connectivity index (χ3n) is 3.69. The molecule has 110 valence electrons. The quantitative estimate of drug-likeness (QED) is 0.910. The van der Waals surface area contributed by atoms with Crippen LogP contribution in [0.5, 0.6) is 0 Å². The van der Waals surface area contributed by atoms with Gasteiger partial charge in [0.2, 0.25) is 0 Å². The van der Waals surface area contributed by atoms with Gasteiger partial charge in [0.05, 0.1) is 17.8 Å². The fraction of sp³-hybridized carbons (Fsp3) is 0.467. The molecular weight excluding hydrogens is 266 g/mol. The lowest BCUT2D eigenvalue weighted by atomic mass is 10.1. The van der Waals surface area contributed by atoms with E-state index < -0.39 is 0 Å². The molecule has 2 aromatic heterocycles. The fourth-order valence-corrected chi connectivity index (χ4v) is 2.32. The first-order valence-corrected chi connectivity index (χ1v) is 7.30. The highest BCUT2D eigenvalue weighted by atomic mass is 16.1. The standard InChI is InChI=1S/C15H19N5O/c1-3-20-9-12(8-17-20)15(21)19-13(11-4-5-11)14-16-7-6-10(2)18-14/h6-9,11,13H,3-5H2,1-2H3,(H,19,21)/t13-/m0/s1. The van der Waals surface area contributed by atoms with Crippen molar-refractivity contribution in [1.29, 1.82) is 0 Å². The predicted octanol–water partition coefficient (Wildman–Crippen LogP) is 1.88. The van der Waals surface area contributed by atoms with E-state index in [-0.39, 0.29) is 11.9 Å². The monoisotopic (exact) mass is 285 g/mol. The van der Waals surface area contributed by atoms with Crippen LogP contribution < -0.4 is 5.32 Å². The molecule has 2 heterocycles. The number of aromatic nitrogens is 4. The summed E-state index contributed by atoms with van der Waals surface area (Å²) in [5.41, 5.74) is 1.49. The summed E-state index contributed by atoms with van der Waals surface area (Å²) in [6.45, 7) is 4.67. The molecule has 1 aliphatic rings. The van der Waals surface area contributed by atoms with Crippen LogP contribution in [0.25, 0.3) is 0 Å². The molecule has 0 aromatic carbocycles. The normalized spacial score (nSPS) is 15.7. The third kappa shape index (κ3) is 3.09. The van der Waals surface area contributed by atoms with Gasteiger partial charge >= 0.3 is 0 Å². The Kier molecular flexibility index (Phi) is 3.68. The van der Waals surface area contributed by atoms with Crippen LogP contribution in [0.4, 0.5) is 0 Å². The maximum Gasteiger partial charge on any atom is 0.255 e. The maximum atomic E-state index is 12.4. The van der Waals surface area contributed by atoms with Crippen LogP contribution in [0.1, 0.15) is 47.7 Å². The molecule has 3 rings (SSSR count). The summed E-state index contributed by atoms with van der Waals surface area (Å²) in [7, 11) is 0. The first-order valence-electron chi connectivity index (χ1n) is 7.30. The Labute approximate surface area is 123 Å². The third-order valence-corrected chi connectivity index (χ3v) is 3.69. The van der Waals surface area contributed by atoms with E-state index in [4.69, 9.17) is 0 Å². The van der Waals surface area contributed by atoms with Crippen molar-refractivity contribution in [1.82, 2.24) is 25.1 Å². The molecule has 0 radical (unpaired) electrons.